The van der Waals surface area contributed by atoms with Crippen LogP contribution in [0.15, 0.2) is 46.9 Å². The molecule has 0 heterocycles. The molecule has 0 saturated carbocycles. The van der Waals surface area contributed by atoms with Crippen molar-refractivity contribution in [1.29, 1.82) is 0 Å². The van der Waals surface area contributed by atoms with E-state index in [-0.39, 0.29) is 10.6 Å². The molecule has 0 bridgehead atoms. The van der Waals surface area contributed by atoms with Gasteiger partial charge in [0.1, 0.15) is 0 Å². The molecule has 5 heteroatoms. The Morgan fingerprint density at radius 2 is 1.85 bits per heavy atom. The molecule has 4 nitrogen and oxygen atoms in total. The second kappa shape index (κ2) is 6.63. The second-order valence-corrected chi connectivity index (χ2v) is 5.53. The Bertz CT molecular complexity index is 612. The zero-order valence-corrected chi connectivity index (χ0v) is 12.7. The van der Waals surface area contributed by atoms with Crippen LogP contribution in [0.1, 0.15) is 16.7 Å². The van der Waals surface area contributed by atoms with Crippen molar-refractivity contribution in [1.82, 2.24) is 5.32 Å². The van der Waals surface area contributed by atoms with E-state index in [2.05, 4.69) is 45.5 Å². The average molecular weight is 335 g/mol. The number of aryl methyl sites for hydroxylation is 1. The Labute approximate surface area is 126 Å². The topological polar surface area (TPSA) is 55.2 Å². The maximum atomic E-state index is 11.0. The fourth-order valence-corrected chi connectivity index (χ4v) is 2.33. The summed E-state index contributed by atoms with van der Waals surface area (Å²) in [5.74, 6) is 0. The minimum atomic E-state index is -0.352. The normalized spacial score (nSPS) is 10.5. The van der Waals surface area contributed by atoms with Gasteiger partial charge < -0.3 is 5.32 Å². The fraction of sp³-hybridized carbons (Fsp3) is 0.200. The predicted octanol–water partition coefficient (Wildman–Crippen LogP) is 3.96. The van der Waals surface area contributed by atoms with Gasteiger partial charge in [0.05, 0.1) is 4.92 Å². The second-order valence-electron chi connectivity index (χ2n) is 4.62. The number of nitrogens with one attached hydrogen (secondary N) is 1. The summed E-state index contributed by atoms with van der Waals surface area (Å²) in [6.07, 6.45) is 0. The Morgan fingerprint density at radius 1 is 1.15 bits per heavy atom. The lowest BCUT2D eigenvalue weighted by Crippen LogP contribution is -2.13. The minimum absolute atomic E-state index is 0.143. The number of benzene rings is 2. The largest absolute Gasteiger partial charge is 0.308 e. The third kappa shape index (κ3) is 3.88. The maximum absolute atomic E-state index is 11.0. The summed E-state index contributed by atoms with van der Waals surface area (Å²) in [7, 11) is 0. The zero-order valence-electron chi connectivity index (χ0n) is 11.1. The van der Waals surface area contributed by atoms with E-state index in [4.69, 9.17) is 0 Å². The zero-order chi connectivity index (χ0) is 14.5. The smallest absolute Gasteiger partial charge is 0.273 e. The van der Waals surface area contributed by atoms with E-state index >= 15 is 0 Å². The molecular formula is C15H15BrN2O2. The number of hydrogen-bond donors (Lipinski definition) is 1. The van der Waals surface area contributed by atoms with Crippen molar-refractivity contribution in [2.24, 2.45) is 0 Å². The van der Waals surface area contributed by atoms with Crippen LogP contribution in [-0.2, 0) is 13.1 Å². The number of halogens is 1. The van der Waals surface area contributed by atoms with Crippen molar-refractivity contribution >= 4 is 21.6 Å². The predicted molar refractivity (Wildman–Crippen MR) is 82.5 cm³/mol. The van der Waals surface area contributed by atoms with Gasteiger partial charge in [-0.25, -0.2) is 0 Å². The van der Waals surface area contributed by atoms with Gasteiger partial charge in [0.2, 0.25) is 0 Å². The van der Waals surface area contributed by atoms with Gasteiger partial charge in [-0.3, -0.25) is 10.1 Å². The van der Waals surface area contributed by atoms with Crippen LogP contribution in [-0.4, -0.2) is 4.92 Å². The summed E-state index contributed by atoms with van der Waals surface area (Å²) in [5.41, 5.74) is 3.20. The first-order chi connectivity index (χ1) is 9.56. The number of rotatable bonds is 5. The van der Waals surface area contributed by atoms with Crippen LogP contribution in [0.2, 0.25) is 0 Å². The maximum Gasteiger partial charge on any atom is 0.273 e. The Morgan fingerprint density at radius 3 is 2.50 bits per heavy atom. The molecule has 0 amide bonds. The standard InChI is InChI=1S/C15H15BrN2O2/c1-11-2-4-12(5-3-11)9-17-10-13-8-14(16)6-7-15(13)18(19)20/h2-8,17H,9-10H2,1H3. The molecule has 2 rings (SSSR count). The van der Waals surface area contributed by atoms with Crippen LogP contribution in [0, 0.1) is 17.0 Å². The van der Waals surface area contributed by atoms with Crippen LogP contribution < -0.4 is 5.32 Å². The summed E-state index contributed by atoms with van der Waals surface area (Å²) < 4.78 is 0.843. The third-order valence-corrected chi connectivity index (χ3v) is 3.50. The molecule has 0 aliphatic heterocycles. The lowest BCUT2D eigenvalue weighted by atomic mass is 10.1. The van der Waals surface area contributed by atoms with Gasteiger partial charge in [0.25, 0.3) is 5.69 Å². The molecule has 0 spiro atoms. The molecule has 0 aliphatic rings. The Kier molecular flexibility index (Phi) is 4.87. The minimum Gasteiger partial charge on any atom is -0.308 e. The van der Waals surface area contributed by atoms with Gasteiger partial charge in [0.15, 0.2) is 0 Å². The number of nitrogens with zero attached hydrogens (tertiary/aromatic N) is 1. The molecule has 2 aromatic rings. The molecule has 0 atom stereocenters. The Balaban J connectivity index is 2.02. The molecule has 0 aromatic heterocycles. The molecule has 1 N–H and O–H groups in total. The molecule has 0 saturated heterocycles. The van der Waals surface area contributed by atoms with E-state index in [0.29, 0.717) is 18.7 Å². The van der Waals surface area contributed by atoms with Gasteiger partial charge in [0, 0.05) is 29.2 Å². The van der Waals surface area contributed by atoms with Crippen molar-refractivity contribution < 1.29 is 4.92 Å². The van der Waals surface area contributed by atoms with E-state index in [1.807, 2.05) is 6.92 Å². The highest BCUT2D eigenvalue weighted by Crippen LogP contribution is 2.22. The first-order valence-electron chi connectivity index (χ1n) is 6.25. The van der Waals surface area contributed by atoms with Gasteiger partial charge in [-0.05, 0) is 24.6 Å². The highest BCUT2D eigenvalue weighted by Gasteiger charge is 2.13. The summed E-state index contributed by atoms with van der Waals surface area (Å²) in [5, 5.41) is 14.2. The first-order valence-corrected chi connectivity index (χ1v) is 7.04. The van der Waals surface area contributed by atoms with E-state index in [1.165, 1.54) is 11.6 Å². The highest BCUT2D eigenvalue weighted by atomic mass is 79.9. The van der Waals surface area contributed by atoms with Crippen LogP contribution in [0.25, 0.3) is 0 Å². The molecule has 0 fully saturated rings. The quantitative estimate of drug-likeness (QED) is 0.665. The molecule has 2 aromatic carbocycles. The molecule has 0 radical (unpaired) electrons. The lowest BCUT2D eigenvalue weighted by molar-refractivity contribution is -0.385. The number of hydrogen-bond acceptors (Lipinski definition) is 3. The van der Waals surface area contributed by atoms with Crippen molar-refractivity contribution in [3.8, 4) is 0 Å². The van der Waals surface area contributed by atoms with Crippen LogP contribution in [0.5, 0.6) is 0 Å². The molecule has 104 valence electrons. The molecular weight excluding hydrogens is 320 g/mol. The molecule has 0 aliphatic carbocycles. The van der Waals surface area contributed by atoms with Gasteiger partial charge >= 0.3 is 0 Å². The lowest BCUT2D eigenvalue weighted by Gasteiger charge is -2.07. The molecule has 0 unspecified atom stereocenters. The monoisotopic (exact) mass is 334 g/mol. The van der Waals surface area contributed by atoms with Crippen LogP contribution >= 0.6 is 15.9 Å². The molecule has 20 heavy (non-hydrogen) atoms. The number of nitro groups is 1. The summed E-state index contributed by atoms with van der Waals surface area (Å²) in [6, 6.07) is 13.2. The summed E-state index contributed by atoms with van der Waals surface area (Å²) in [4.78, 5) is 10.6. The SMILES string of the molecule is Cc1ccc(CNCc2cc(Br)ccc2[N+](=O)[O-])cc1. The van der Waals surface area contributed by atoms with Crippen LogP contribution in [0.4, 0.5) is 5.69 Å². The summed E-state index contributed by atoms with van der Waals surface area (Å²) >= 11 is 3.34. The fourth-order valence-electron chi connectivity index (χ4n) is 1.92. The van der Waals surface area contributed by atoms with E-state index in [0.717, 1.165) is 10.0 Å². The number of nitro benzene ring substituents is 1. The van der Waals surface area contributed by atoms with Gasteiger partial charge in [-0.1, -0.05) is 45.8 Å². The van der Waals surface area contributed by atoms with E-state index < -0.39 is 0 Å². The Hall–Kier alpha value is -1.72. The summed E-state index contributed by atoms with van der Waals surface area (Å²) in [6.45, 7) is 3.19. The average Bonchev–Trinajstić information content (AvgIpc) is 2.41. The third-order valence-electron chi connectivity index (χ3n) is 3.00. The highest BCUT2D eigenvalue weighted by molar-refractivity contribution is 9.10. The van der Waals surface area contributed by atoms with Crippen molar-refractivity contribution in [3.63, 3.8) is 0 Å². The van der Waals surface area contributed by atoms with Gasteiger partial charge in [-0.15, -0.1) is 0 Å². The van der Waals surface area contributed by atoms with Crippen molar-refractivity contribution in [3.05, 3.63) is 73.7 Å². The van der Waals surface area contributed by atoms with E-state index in [9.17, 15) is 10.1 Å². The van der Waals surface area contributed by atoms with E-state index in [1.54, 1.807) is 12.1 Å². The van der Waals surface area contributed by atoms with Crippen molar-refractivity contribution in [2.45, 2.75) is 20.0 Å². The van der Waals surface area contributed by atoms with Gasteiger partial charge in [-0.2, -0.15) is 0 Å². The van der Waals surface area contributed by atoms with Crippen molar-refractivity contribution in [2.75, 3.05) is 0 Å². The first kappa shape index (κ1) is 14.7. The van der Waals surface area contributed by atoms with Crippen LogP contribution in [0.3, 0.4) is 0 Å².